The normalized spacial score (nSPS) is 14.4. The number of hydrogen-bond acceptors (Lipinski definition) is 8. The largest absolute Gasteiger partial charge is 0.480 e. The quantitative estimate of drug-likeness (QED) is 0.0200. The Morgan fingerprint density at radius 3 is 1.33 bits per heavy atom. The summed E-state index contributed by atoms with van der Waals surface area (Å²) in [4.78, 5) is 45.9. The highest BCUT2D eigenvalue weighted by Crippen LogP contribution is 2.43. The Morgan fingerprint density at radius 1 is 0.541 bits per heavy atom. The molecule has 0 heterocycles. The zero-order valence-corrected chi connectivity index (χ0v) is 38.6. The van der Waals surface area contributed by atoms with Gasteiger partial charge in [0.25, 0.3) is 0 Å². The Labute approximate surface area is 369 Å². The van der Waals surface area contributed by atoms with Crippen molar-refractivity contribution in [2.45, 2.75) is 187 Å². The molecule has 0 rings (SSSR count). The van der Waals surface area contributed by atoms with Crippen molar-refractivity contribution in [3.63, 3.8) is 0 Å². The maximum Gasteiger partial charge on any atom is 0.472 e. The van der Waals surface area contributed by atoms with Crippen molar-refractivity contribution in [1.29, 1.82) is 0 Å². The lowest BCUT2D eigenvalue weighted by Crippen LogP contribution is -2.43. The summed E-state index contributed by atoms with van der Waals surface area (Å²) in [5.41, 5.74) is 0. The van der Waals surface area contributed by atoms with Crippen LogP contribution < -0.4 is 5.32 Å². The minimum Gasteiger partial charge on any atom is -0.480 e. The number of hydrogen-bond donors (Lipinski definition) is 4. The molecule has 348 valence electrons. The molecule has 11 nitrogen and oxygen atoms in total. The fraction of sp³-hybridized carbons (Fsp3) is 0.653. The number of ether oxygens (including phenoxy) is 1. The van der Waals surface area contributed by atoms with Gasteiger partial charge in [-0.25, -0.2) is 9.36 Å². The fourth-order valence-corrected chi connectivity index (χ4v) is 6.70. The Bertz CT molecular complexity index is 1350. The number of aliphatic carboxylic acids is 1. The van der Waals surface area contributed by atoms with Gasteiger partial charge in [-0.3, -0.25) is 18.6 Å². The van der Waals surface area contributed by atoms with E-state index < -0.39 is 57.6 Å². The molecule has 0 aromatic heterocycles. The van der Waals surface area contributed by atoms with Crippen LogP contribution in [0.1, 0.15) is 174 Å². The summed E-state index contributed by atoms with van der Waals surface area (Å²) in [7, 11) is -4.78. The molecule has 0 radical (unpaired) electrons. The van der Waals surface area contributed by atoms with Gasteiger partial charge in [-0.1, -0.05) is 195 Å². The van der Waals surface area contributed by atoms with Crippen LogP contribution in [0.2, 0.25) is 0 Å². The second-order valence-electron chi connectivity index (χ2n) is 15.2. The number of carbonyl (C=O) groups is 3. The molecule has 0 spiro atoms. The van der Waals surface area contributed by atoms with Gasteiger partial charge in [0.15, 0.2) is 6.04 Å². The van der Waals surface area contributed by atoms with Crippen LogP contribution in [0.5, 0.6) is 0 Å². The van der Waals surface area contributed by atoms with E-state index in [2.05, 4.69) is 79.9 Å². The van der Waals surface area contributed by atoms with E-state index in [-0.39, 0.29) is 12.8 Å². The molecule has 3 atom stereocenters. The van der Waals surface area contributed by atoms with E-state index in [1.807, 2.05) is 18.2 Å². The molecule has 4 N–H and O–H groups in total. The predicted molar refractivity (Wildman–Crippen MR) is 249 cm³/mol. The average molecular weight is 876 g/mol. The first-order valence-corrected chi connectivity index (χ1v) is 24.6. The molecule has 0 aromatic rings. The topological polar surface area (TPSA) is 169 Å². The van der Waals surface area contributed by atoms with E-state index >= 15 is 0 Å². The van der Waals surface area contributed by atoms with Crippen molar-refractivity contribution in [2.75, 3.05) is 19.8 Å². The van der Waals surface area contributed by atoms with Crippen LogP contribution in [-0.2, 0) is 32.7 Å². The smallest absolute Gasteiger partial charge is 0.472 e. The Balaban J connectivity index is 4.01. The third kappa shape index (κ3) is 43.1. The van der Waals surface area contributed by atoms with Crippen LogP contribution in [0, 0.1) is 0 Å². The Kier molecular flexibility index (Phi) is 40.9. The molecule has 0 saturated carbocycles. The summed E-state index contributed by atoms with van der Waals surface area (Å²) in [5.74, 6) is -2.52. The minimum atomic E-state index is -4.78. The highest BCUT2D eigenvalue weighted by atomic mass is 31.2. The molecule has 0 saturated heterocycles. The number of phosphoric acid groups is 1. The number of phosphoric ester groups is 1. The molecule has 0 aliphatic carbocycles. The molecule has 1 amide bonds. The lowest BCUT2D eigenvalue weighted by molar-refractivity contribution is -0.146. The zero-order chi connectivity index (χ0) is 44.9. The number of esters is 1. The first kappa shape index (κ1) is 57.7. The van der Waals surface area contributed by atoms with Gasteiger partial charge in [0, 0.05) is 6.42 Å². The first-order chi connectivity index (χ1) is 29.6. The van der Waals surface area contributed by atoms with Crippen LogP contribution in [0.15, 0.2) is 85.1 Å². The van der Waals surface area contributed by atoms with Gasteiger partial charge >= 0.3 is 19.8 Å². The Morgan fingerprint density at radius 2 is 0.918 bits per heavy atom. The van der Waals surface area contributed by atoms with Crippen molar-refractivity contribution in [3.8, 4) is 0 Å². The summed E-state index contributed by atoms with van der Waals surface area (Å²) in [5, 5.41) is 21.8. The van der Waals surface area contributed by atoms with E-state index in [1.54, 1.807) is 6.08 Å². The third-order valence-electron chi connectivity index (χ3n) is 9.48. The summed E-state index contributed by atoms with van der Waals surface area (Å²) < 4.78 is 26.8. The highest BCUT2D eigenvalue weighted by molar-refractivity contribution is 7.47. The van der Waals surface area contributed by atoms with Crippen LogP contribution in [0.3, 0.4) is 0 Å². The highest BCUT2D eigenvalue weighted by Gasteiger charge is 2.28. The number of carboxylic acid groups (broad SMARTS) is 1. The van der Waals surface area contributed by atoms with Crippen LogP contribution >= 0.6 is 7.82 Å². The lowest BCUT2D eigenvalue weighted by atomic mass is 10.0. The number of nitrogens with one attached hydrogen (secondary N) is 1. The first-order valence-electron chi connectivity index (χ1n) is 23.1. The zero-order valence-electron chi connectivity index (χ0n) is 37.7. The van der Waals surface area contributed by atoms with Crippen LogP contribution in [-0.4, -0.2) is 64.9 Å². The van der Waals surface area contributed by atoms with E-state index in [0.29, 0.717) is 12.8 Å². The van der Waals surface area contributed by atoms with Crippen molar-refractivity contribution in [1.82, 2.24) is 5.32 Å². The number of carbonyl (C=O) groups excluding carboxylic acids is 2. The maximum absolute atomic E-state index is 12.3. The molecule has 0 bridgehead atoms. The summed E-state index contributed by atoms with van der Waals surface area (Å²) in [6.07, 6.45) is 53.4. The molecular formula is C49H82NO10P. The van der Waals surface area contributed by atoms with Gasteiger partial charge in [0.05, 0.1) is 19.6 Å². The number of aliphatic hydroxyl groups is 1. The third-order valence-corrected chi connectivity index (χ3v) is 10.4. The summed E-state index contributed by atoms with van der Waals surface area (Å²) in [6, 6.07) is -1.56. The maximum atomic E-state index is 12.3. The molecule has 3 unspecified atom stereocenters. The minimum absolute atomic E-state index is 0.0143. The summed E-state index contributed by atoms with van der Waals surface area (Å²) in [6.45, 7) is 2.38. The average Bonchev–Trinajstić information content (AvgIpc) is 3.24. The Hall–Kier alpha value is -3.34. The van der Waals surface area contributed by atoms with Crippen LogP contribution in [0.4, 0.5) is 0 Å². The summed E-state index contributed by atoms with van der Waals surface area (Å²) >= 11 is 0. The molecular weight excluding hydrogens is 794 g/mol. The molecule has 0 aliphatic heterocycles. The van der Waals surface area contributed by atoms with Gasteiger partial charge in [-0.2, -0.15) is 0 Å². The van der Waals surface area contributed by atoms with Gasteiger partial charge in [0.2, 0.25) is 5.91 Å². The number of allylic oxidation sites excluding steroid dienone is 13. The van der Waals surface area contributed by atoms with E-state index in [4.69, 9.17) is 13.8 Å². The number of rotatable bonds is 42. The van der Waals surface area contributed by atoms with Crippen molar-refractivity contribution >= 4 is 25.7 Å². The predicted octanol–water partition coefficient (Wildman–Crippen LogP) is 12.3. The second-order valence-corrected chi connectivity index (χ2v) is 16.7. The number of amides is 1. The van der Waals surface area contributed by atoms with Gasteiger partial charge < -0.3 is 25.2 Å². The SMILES string of the molecule is CC/C=C\C/C=C\C/C=C\C/C=C\C/C=C\C/C=C\C/C=C\CC(=O)OCC(O)COP(=O)(O)OCC(NC(=O)CCCCCCCCCCCCCCCCCC)C(=O)O. The molecule has 12 heteroatoms. The molecule has 61 heavy (non-hydrogen) atoms. The van der Waals surface area contributed by atoms with Crippen molar-refractivity contribution in [2.24, 2.45) is 0 Å². The monoisotopic (exact) mass is 876 g/mol. The standard InChI is InChI=1S/C49H82NO10P/c1-3-5-7-9-11-13-15-17-19-21-22-23-24-25-27-29-31-33-35-37-39-41-48(53)58-42-45(51)43-59-61(56,57)60-44-46(49(54)55)50-47(52)40-38-36-34-32-30-28-26-20-18-16-14-12-10-8-6-4-2/h5,7,11,13,17,19,22-23,25,27,31,33,37,39,45-46,51H,3-4,6,8-10,12,14-16,18,20-21,24,26,28-30,32,34-36,38,40-44H2,1-2H3,(H,50,52)(H,54,55)(H,56,57)/b7-5-,13-11-,19-17-,23-22-,27-25-,33-31-,39-37-. The van der Waals surface area contributed by atoms with Gasteiger partial charge in [-0.05, 0) is 51.4 Å². The number of aliphatic hydroxyl groups excluding tert-OH is 1. The molecule has 0 aromatic carbocycles. The molecule has 0 aliphatic rings. The number of unbranched alkanes of at least 4 members (excludes halogenated alkanes) is 15. The van der Waals surface area contributed by atoms with Gasteiger partial charge in [-0.15, -0.1) is 0 Å². The van der Waals surface area contributed by atoms with Gasteiger partial charge in [0.1, 0.15) is 12.7 Å². The number of carboxylic acids is 1. The van der Waals surface area contributed by atoms with E-state index in [0.717, 1.165) is 57.8 Å². The second kappa shape index (κ2) is 43.3. The van der Waals surface area contributed by atoms with E-state index in [9.17, 15) is 34.1 Å². The van der Waals surface area contributed by atoms with E-state index in [1.165, 1.54) is 77.0 Å². The van der Waals surface area contributed by atoms with Crippen molar-refractivity contribution < 1.29 is 47.8 Å². The molecule has 0 fully saturated rings. The van der Waals surface area contributed by atoms with Crippen molar-refractivity contribution in [3.05, 3.63) is 85.1 Å². The fourth-order valence-electron chi connectivity index (χ4n) is 5.93. The van der Waals surface area contributed by atoms with Crippen LogP contribution in [0.25, 0.3) is 0 Å². The lowest BCUT2D eigenvalue weighted by Gasteiger charge is -2.18.